The highest BCUT2D eigenvalue weighted by Crippen LogP contribution is 2.23. The lowest BCUT2D eigenvalue weighted by Gasteiger charge is -2.36. The summed E-state index contributed by atoms with van der Waals surface area (Å²) in [6.45, 7) is 3.89. The largest absolute Gasteiger partial charge is 0.368 e. The molecule has 39 heavy (non-hydrogen) atoms. The standard InChI is InChI=1S/C27H25F2N9O/c28-21-15-22(29)25(27(39)38-13-11-37(12-14-38)26-20(17-31)5-6-32-34-26)33-23(21)18-35-7-9-36(10-8-35)24-4-2-1-3-19(24)16-30/h1-6,15H,7-14,18H2. The van der Waals surface area contributed by atoms with Crippen molar-refractivity contribution in [2.24, 2.45) is 0 Å². The van der Waals surface area contributed by atoms with Gasteiger partial charge in [-0.2, -0.15) is 15.6 Å². The molecule has 1 aromatic carbocycles. The fourth-order valence-electron chi connectivity index (χ4n) is 4.88. The molecule has 0 aliphatic carbocycles. The molecule has 0 atom stereocenters. The van der Waals surface area contributed by atoms with E-state index >= 15 is 0 Å². The number of halogens is 2. The number of carbonyl (C=O) groups is 1. The van der Waals surface area contributed by atoms with Gasteiger partial charge in [-0.1, -0.05) is 12.1 Å². The summed E-state index contributed by atoms with van der Waals surface area (Å²) in [4.78, 5) is 24.7. The smallest absolute Gasteiger partial charge is 0.275 e. The second-order valence-electron chi connectivity index (χ2n) is 9.30. The van der Waals surface area contributed by atoms with Crippen LogP contribution in [-0.2, 0) is 6.54 Å². The van der Waals surface area contributed by atoms with Gasteiger partial charge in [-0.25, -0.2) is 13.8 Å². The van der Waals surface area contributed by atoms with E-state index in [0.717, 1.165) is 11.8 Å². The van der Waals surface area contributed by atoms with Crippen LogP contribution in [0.5, 0.6) is 0 Å². The molecule has 5 rings (SSSR count). The molecule has 4 heterocycles. The fraction of sp³-hybridized carbons (Fsp3) is 0.333. The van der Waals surface area contributed by atoms with E-state index in [9.17, 15) is 24.1 Å². The summed E-state index contributed by atoms with van der Waals surface area (Å²) in [6.07, 6.45) is 1.44. The Hall–Kier alpha value is -4.68. The van der Waals surface area contributed by atoms with Crippen molar-refractivity contribution in [3.63, 3.8) is 0 Å². The Kier molecular flexibility index (Phi) is 7.57. The molecule has 2 aliphatic rings. The van der Waals surface area contributed by atoms with Crippen molar-refractivity contribution < 1.29 is 13.6 Å². The number of anilines is 2. The van der Waals surface area contributed by atoms with Gasteiger partial charge in [0.05, 0.1) is 28.7 Å². The van der Waals surface area contributed by atoms with E-state index in [1.807, 2.05) is 28.0 Å². The zero-order valence-corrected chi connectivity index (χ0v) is 21.1. The topological polar surface area (TPSA) is 116 Å². The minimum Gasteiger partial charge on any atom is -0.368 e. The molecule has 12 heteroatoms. The number of amides is 1. The van der Waals surface area contributed by atoms with Crippen molar-refractivity contribution in [2.45, 2.75) is 6.54 Å². The minimum atomic E-state index is -0.998. The van der Waals surface area contributed by atoms with E-state index < -0.39 is 23.2 Å². The highest BCUT2D eigenvalue weighted by atomic mass is 19.1. The molecule has 2 fully saturated rings. The van der Waals surface area contributed by atoms with Gasteiger partial charge in [-0.05, 0) is 18.2 Å². The SMILES string of the molecule is N#Cc1ccccc1N1CCN(Cc2nc(C(=O)N3CCN(c4nnccc4C#N)CC3)c(F)cc2F)CC1. The number of aromatic nitrogens is 3. The third-order valence-electron chi connectivity index (χ3n) is 7.00. The first-order chi connectivity index (χ1) is 19.0. The van der Waals surface area contributed by atoms with Gasteiger partial charge < -0.3 is 14.7 Å². The maximum Gasteiger partial charge on any atom is 0.275 e. The van der Waals surface area contributed by atoms with Crippen molar-refractivity contribution in [3.05, 3.63) is 76.7 Å². The number of pyridine rings is 1. The maximum absolute atomic E-state index is 14.7. The number of nitriles is 2. The van der Waals surface area contributed by atoms with Gasteiger partial charge in [-0.3, -0.25) is 9.69 Å². The van der Waals surface area contributed by atoms with Crippen molar-refractivity contribution in [1.82, 2.24) is 25.0 Å². The van der Waals surface area contributed by atoms with E-state index in [0.29, 0.717) is 56.2 Å². The van der Waals surface area contributed by atoms with Crippen LogP contribution in [0.4, 0.5) is 20.3 Å². The van der Waals surface area contributed by atoms with Crippen LogP contribution in [-0.4, -0.2) is 83.2 Å². The highest BCUT2D eigenvalue weighted by Gasteiger charge is 2.29. The zero-order chi connectivity index (χ0) is 27.4. The molecule has 10 nitrogen and oxygen atoms in total. The highest BCUT2D eigenvalue weighted by molar-refractivity contribution is 5.92. The number of nitrogens with zero attached hydrogens (tertiary/aromatic N) is 9. The number of rotatable bonds is 5. The first-order valence-electron chi connectivity index (χ1n) is 12.6. The van der Waals surface area contributed by atoms with Crippen LogP contribution in [0.1, 0.15) is 27.3 Å². The van der Waals surface area contributed by atoms with E-state index in [2.05, 4.69) is 32.2 Å². The van der Waals surface area contributed by atoms with Crippen molar-refractivity contribution in [3.8, 4) is 12.1 Å². The van der Waals surface area contributed by atoms with Gasteiger partial charge in [0.1, 0.15) is 18.0 Å². The first kappa shape index (κ1) is 25.9. The molecule has 0 unspecified atom stereocenters. The van der Waals surface area contributed by atoms with Crippen LogP contribution >= 0.6 is 0 Å². The molecular formula is C27H25F2N9O. The van der Waals surface area contributed by atoms with E-state index in [-0.39, 0.29) is 25.3 Å². The molecule has 0 radical (unpaired) electrons. The lowest BCUT2D eigenvalue weighted by molar-refractivity contribution is 0.0734. The predicted octanol–water partition coefficient (Wildman–Crippen LogP) is 2.18. The quantitative estimate of drug-likeness (QED) is 0.490. The molecule has 2 saturated heterocycles. The molecule has 1 amide bonds. The van der Waals surface area contributed by atoms with Crippen LogP contribution < -0.4 is 9.80 Å². The summed E-state index contributed by atoms with van der Waals surface area (Å²) in [6, 6.07) is 14.0. The molecular weight excluding hydrogens is 504 g/mol. The Labute approximate surface area is 224 Å². The predicted molar refractivity (Wildman–Crippen MR) is 138 cm³/mol. The Bertz CT molecular complexity index is 1450. The number of benzene rings is 1. The third kappa shape index (κ3) is 5.47. The van der Waals surface area contributed by atoms with Gasteiger partial charge in [0.2, 0.25) is 0 Å². The summed E-state index contributed by atoms with van der Waals surface area (Å²) in [5.74, 6) is -1.96. The van der Waals surface area contributed by atoms with Gasteiger partial charge >= 0.3 is 0 Å². The molecule has 0 spiro atoms. The van der Waals surface area contributed by atoms with Crippen molar-refractivity contribution >= 4 is 17.4 Å². The monoisotopic (exact) mass is 529 g/mol. The number of carbonyl (C=O) groups excluding carboxylic acids is 1. The van der Waals surface area contributed by atoms with Crippen LogP contribution in [0.25, 0.3) is 0 Å². The normalized spacial score (nSPS) is 16.1. The molecule has 0 saturated carbocycles. The average Bonchev–Trinajstić information content (AvgIpc) is 2.98. The number of hydrogen-bond acceptors (Lipinski definition) is 9. The Morgan fingerprint density at radius 3 is 2.28 bits per heavy atom. The van der Waals surface area contributed by atoms with E-state index in [1.165, 1.54) is 11.1 Å². The Morgan fingerprint density at radius 2 is 1.56 bits per heavy atom. The summed E-state index contributed by atoms with van der Waals surface area (Å²) in [7, 11) is 0. The Balaban J connectivity index is 1.23. The van der Waals surface area contributed by atoms with Crippen molar-refractivity contribution in [1.29, 1.82) is 10.5 Å². The fourth-order valence-corrected chi connectivity index (χ4v) is 4.88. The third-order valence-corrected chi connectivity index (χ3v) is 7.00. The molecule has 3 aromatic rings. The van der Waals surface area contributed by atoms with Gasteiger partial charge in [0, 0.05) is 65.0 Å². The van der Waals surface area contributed by atoms with E-state index in [1.54, 1.807) is 12.1 Å². The molecule has 2 aliphatic heterocycles. The van der Waals surface area contributed by atoms with Crippen LogP contribution in [0.15, 0.2) is 42.6 Å². The summed E-state index contributed by atoms with van der Waals surface area (Å²) in [5.41, 5.74) is 1.46. The first-order valence-corrected chi connectivity index (χ1v) is 12.6. The maximum atomic E-state index is 14.7. The second-order valence-corrected chi connectivity index (χ2v) is 9.30. The van der Waals surface area contributed by atoms with Crippen LogP contribution in [0, 0.1) is 34.3 Å². The molecule has 0 N–H and O–H groups in total. The van der Waals surface area contributed by atoms with Gasteiger partial charge in [-0.15, -0.1) is 5.10 Å². The molecule has 198 valence electrons. The summed E-state index contributed by atoms with van der Waals surface area (Å²) >= 11 is 0. The number of para-hydroxylation sites is 1. The lowest BCUT2D eigenvalue weighted by atomic mass is 10.1. The Morgan fingerprint density at radius 1 is 0.872 bits per heavy atom. The van der Waals surface area contributed by atoms with Gasteiger partial charge in [0.15, 0.2) is 17.3 Å². The van der Waals surface area contributed by atoms with Crippen LogP contribution in [0.3, 0.4) is 0 Å². The average molecular weight is 530 g/mol. The number of piperazine rings is 2. The summed E-state index contributed by atoms with van der Waals surface area (Å²) < 4.78 is 29.4. The van der Waals surface area contributed by atoms with E-state index in [4.69, 9.17) is 0 Å². The van der Waals surface area contributed by atoms with Crippen LogP contribution in [0.2, 0.25) is 0 Å². The lowest BCUT2D eigenvalue weighted by Crippen LogP contribution is -2.49. The second kappa shape index (κ2) is 11.4. The van der Waals surface area contributed by atoms with Gasteiger partial charge in [0.25, 0.3) is 5.91 Å². The molecule has 2 aromatic heterocycles. The molecule has 0 bridgehead atoms. The summed E-state index contributed by atoms with van der Waals surface area (Å²) in [5, 5.41) is 26.6. The number of hydrogen-bond donors (Lipinski definition) is 0. The minimum absolute atomic E-state index is 0.0162. The van der Waals surface area contributed by atoms with Crippen molar-refractivity contribution in [2.75, 3.05) is 62.2 Å². The zero-order valence-electron chi connectivity index (χ0n) is 21.1.